The second kappa shape index (κ2) is 4.90. The highest BCUT2D eigenvalue weighted by molar-refractivity contribution is 9.10. The van der Waals surface area contributed by atoms with Gasteiger partial charge in [-0.2, -0.15) is 0 Å². The van der Waals surface area contributed by atoms with E-state index in [1.807, 2.05) is 6.07 Å². The topological polar surface area (TPSA) is 25.2 Å². The Hall–Kier alpha value is -1.06. The minimum Gasteiger partial charge on any atom is -0.463 e. The fourth-order valence-corrected chi connectivity index (χ4v) is 3.13. The van der Waals surface area contributed by atoms with Crippen LogP contribution in [-0.2, 0) is 6.42 Å². The van der Waals surface area contributed by atoms with E-state index in [1.54, 1.807) is 6.26 Å². The summed E-state index contributed by atoms with van der Waals surface area (Å²) in [4.78, 5) is 0. The van der Waals surface area contributed by atoms with Crippen LogP contribution in [0.4, 0.5) is 0 Å². The number of fused-ring (bicyclic) bond motifs is 1. The van der Waals surface area contributed by atoms with E-state index >= 15 is 0 Å². The molecule has 1 heterocycles. The van der Waals surface area contributed by atoms with Gasteiger partial charge in [0.25, 0.3) is 0 Å². The minimum absolute atomic E-state index is 0.499. The highest BCUT2D eigenvalue weighted by Crippen LogP contribution is 2.36. The van der Waals surface area contributed by atoms with Gasteiger partial charge in [-0.05, 0) is 58.6 Å². The number of halogens is 1. The molecule has 0 amide bonds. The number of hydrogen-bond donors (Lipinski definition) is 1. The van der Waals surface area contributed by atoms with Crippen molar-refractivity contribution < 1.29 is 4.42 Å². The molecule has 0 saturated heterocycles. The zero-order chi connectivity index (χ0) is 12.5. The van der Waals surface area contributed by atoms with E-state index in [9.17, 15) is 0 Å². The van der Waals surface area contributed by atoms with Gasteiger partial charge in [-0.15, -0.1) is 0 Å². The van der Waals surface area contributed by atoms with Crippen molar-refractivity contribution in [1.82, 2.24) is 5.32 Å². The van der Waals surface area contributed by atoms with Gasteiger partial charge in [0.05, 0.1) is 10.7 Å². The molecule has 2 aromatic rings. The Labute approximate surface area is 116 Å². The normalized spacial score (nSPS) is 18.0. The van der Waals surface area contributed by atoms with Crippen molar-refractivity contribution in [2.75, 3.05) is 6.54 Å². The van der Waals surface area contributed by atoms with Gasteiger partial charge >= 0.3 is 0 Å². The summed E-state index contributed by atoms with van der Waals surface area (Å²) in [7, 11) is 0. The standard InChI is InChI=1S/C15H16BrNO/c1-2-17-14-6-5-10-3-4-11(9-12(10)14)15-13(16)7-8-18-15/h3-4,7-9,14,17H,2,5-6H2,1H3. The molecule has 18 heavy (non-hydrogen) atoms. The maximum atomic E-state index is 5.54. The van der Waals surface area contributed by atoms with Crippen LogP contribution in [0.5, 0.6) is 0 Å². The first-order chi connectivity index (χ1) is 8.79. The second-order valence-corrected chi connectivity index (χ2v) is 5.51. The molecule has 3 rings (SSSR count). The summed E-state index contributed by atoms with van der Waals surface area (Å²) in [5.74, 6) is 0.917. The zero-order valence-electron chi connectivity index (χ0n) is 10.4. The lowest BCUT2D eigenvalue weighted by Gasteiger charge is -2.13. The largest absolute Gasteiger partial charge is 0.463 e. The van der Waals surface area contributed by atoms with Crippen LogP contribution in [0.1, 0.15) is 30.5 Å². The van der Waals surface area contributed by atoms with E-state index in [0.717, 1.165) is 22.3 Å². The fraction of sp³-hybridized carbons (Fsp3) is 0.333. The van der Waals surface area contributed by atoms with E-state index in [0.29, 0.717) is 6.04 Å². The zero-order valence-corrected chi connectivity index (χ0v) is 12.0. The SMILES string of the molecule is CCNC1CCc2ccc(-c3occc3Br)cc21. The average molecular weight is 306 g/mol. The van der Waals surface area contributed by atoms with Gasteiger partial charge in [0.15, 0.2) is 0 Å². The Morgan fingerprint density at radius 3 is 3.00 bits per heavy atom. The summed E-state index contributed by atoms with van der Waals surface area (Å²) in [5.41, 5.74) is 4.04. The average Bonchev–Trinajstić information content (AvgIpc) is 2.96. The van der Waals surface area contributed by atoms with Crippen molar-refractivity contribution >= 4 is 15.9 Å². The van der Waals surface area contributed by atoms with Crippen LogP contribution in [0.3, 0.4) is 0 Å². The van der Waals surface area contributed by atoms with Crippen LogP contribution >= 0.6 is 15.9 Å². The van der Waals surface area contributed by atoms with Crippen LogP contribution in [0.2, 0.25) is 0 Å². The Morgan fingerprint density at radius 1 is 1.39 bits per heavy atom. The van der Waals surface area contributed by atoms with Gasteiger partial charge in [-0.3, -0.25) is 0 Å². The van der Waals surface area contributed by atoms with Crippen molar-refractivity contribution in [3.05, 3.63) is 46.1 Å². The molecular weight excluding hydrogens is 290 g/mol. The summed E-state index contributed by atoms with van der Waals surface area (Å²) < 4.78 is 6.55. The van der Waals surface area contributed by atoms with E-state index in [1.165, 1.54) is 24.0 Å². The van der Waals surface area contributed by atoms with Crippen molar-refractivity contribution in [2.24, 2.45) is 0 Å². The molecule has 1 aliphatic carbocycles. The van der Waals surface area contributed by atoms with Crippen molar-refractivity contribution in [3.63, 3.8) is 0 Å². The number of hydrogen-bond acceptors (Lipinski definition) is 2. The maximum absolute atomic E-state index is 5.54. The molecule has 0 aliphatic heterocycles. The quantitative estimate of drug-likeness (QED) is 0.914. The molecule has 0 fully saturated rings. The molecule has 1 aromatic carbocycles. The third kappa shape index (κ3) is 2.02. The van der Waals surface area contributed by atoms with E-state index < -0.39 is 0 Å². The summed E-state index contributed by atoms with van der Waals surface area (Å²) >= 11 is 3.52. The highest BCUT2D eigenvalue weighted by Gasteiger charge is 2.22. The molecule has 1 aliphatic rings. The lowest BCUT2D eigenvalue weighted by atomic mass is 10.0. The summed E-state index contributed by atoms with van der Waals surface area (Å²) in [5, 5.41) is 3.55. The third-order valence-electron chi connectivity index (χ3n) is 3.55. The molecule has 1 aromatic heterocycles. The van der Waals surface area contributed by atoms with Crippen LogP contribution in [0, 0.1) is 0 Å². The Balaban J connectivity index is 2.00. The molecule has 1 unspecified atom stereocenters. The van der Waals surface area contributed by atoms with Crippen molar-refractivity contribution in [2.45, 2.75) is 25.8 Å². The molecular formula is C15H16BrNO. The number of benzene rings is 1. The predicted octanol–water partition coefficient (Wildman–Crippen LogP) is 4.31. The molecule has 0 bridgehead atoms. The Morgan fingerprint density at radius 2 is 2.28 bits per heavy atom. The first-order valence-corrected chi connectivity index (χ1v) is 7.18. The number of rotatable bonds is 3. The van der Waals surface area contributed by atoms with Crippen LogP contribution in [0.25, 0.3) is 11.3 Å². The number of furan rings is 1. The Kier molecular flexibility index (Phi) is 3.27. The lowest BCUT2D eigenvalue weighted by Crippen LogP contribution is -2.18. The van der Waals surface area contributed by atoms with Crippen molar-refractivity contribution in [3.8, 4) is 11.3 Å². The first-order valence-electron chi connectivity index (χ1n) is 6.39. The highest BCUT2D eigenvalue weighted by atomic mass is 79.9. The van der Waals surface area contributed by atoms with Crippen molar-refractivity contribution in [1.29, 1.82) is 0 Å². The van der Waals surface area contributed by atoms with Gasteiger partial charge in [-0.1, -0.05) is 19.1 Å². The summed E-state index contributed by atoms with van der Waals surface area (Å²) in [6, 6.07) is 9.08. The maximum Gasteiger partial charge on any atom is 0.148 e. The fourth-order valence-electron chi connectivity index (χ4n) is 2.70. The molecule has 0 radical (unpaired) electrons. The summed E-state index contributed by atoms with van der Waals surface area (Å²) in [6.45, 7) is 3.17. The molecule has 1 N–H and O–H groups in total. The van der Waals surface area contributed by atoms with Crippen LogP contribution < -0.4 is 5.32 Å². The van der Waals surface area contributed by atoms with E-state index in [-0.39, 0.29) is 0 Å². The van der Waals surface area contributed by atoms with Gasteiger partial charge in [0.1, 0.15) is 5.76 Å². The Bertz CT molecular complexity index is 559. The third-order valence-corrected chi connectivity index (χ3v) is 4.18. The van der Waals surface area contributed by atoms with Crippen LogP contribution in [-0.4, -0.2) is 6.54 Å². The summed E-state index contributed by atoms with van der Waals surface area (Å²) in [6.07, 6.45) is 4.09. The number of aryl methyl sites for hydroxylation is 1. The lowest BCUT2D eigenvalue weighted by molar-refractivity contribution is 0.549. The smallest absolute Gasteiger partial charge is 0.148 e. The predicted molar refractivity (Wildman–Crippen MR) is 76.6 cm³/mol. The van der Waals surface area contributed by atoms with E-state index in [4.69, 9.17) is 4.42 Å². The van der Waals surface area contributed by atoms with Gasteiger partial charge in [-0.25, -0.2) is 0 Å². The van der Waals surface area contributed by atoms with Gasteiger partial charge < -0.3 is 9.73 Å². The second-order valence-electron chi connectivity index (χ2n) is 4.66. The van der Waals surface area contributed by atoms with Gasteiger partial charge in [0.2, 0.25) is 0 Å². The first kappa shape index (κ1) is 12.0. The van der Waals surface area contributed by atoms with Gasteiger partial charge in [0, 0.05) is 11.6 Å². The minimum atomic E-state index is 0.499. The molecule has 94 valence electrons. The number of nitrogens with one attached hydrogen (secondary N) is 1. The molecule has 3 heteroatoms. The molecule has 1 atom stereocenters. The van der Waals surface area contributed by atoms with Crippen LogP contribution in [0.15, 0.2) is 39.4 Å². The molecule has 0 spiro atoms. The van der Waals surface area contributed by atoms with E-state index in [2.05, 4.69) is 46.4 Å². The molecule has 0 saturated carbocycles. The monoisotopic (exact) mass is 305 g/mol. The molecule has 2 nitrogen and oxygen atoms in total.